The van der Waals surface area contributed by atoms with E-state index in [1.807, 2.05) is 12.1 Å². The molecule has 0 N–H and O–H groups in total. The van der Waals surface area contributed by atoms with E-state index in [9.17, 15) is 0 Å². The Bertz CT molecular complexity index is 1170. The molecule has 0 aliphatic carbocycles. The molecule has 3 aromatic heterocycles. The average Bonchev–Trinajstić information content (AvgIpc) is 3.16. The molecule has 0 aliphatic heterocycles. The Kier molecular flexibility index (Phi) is 2.14. The molecule has 0 spiro atoms. The lowest BCUT2D eigenvalue weighted by atomic mass is 10.1. The van der Waals surface area contributed by atoms with Crippen molar-refractivity contribution in [3.05, 3.63) is 48.5 Å². The second-order valence-electron chi connectivity index (χ2n) is 5.80. The van der Waals surface area contributed by atoms with Gasteiger partial charge >= 0.3 is 0 Å². The quantitative estimate of drug-likeness (QED) is 0.423. The normalized spacial score (nSPS) is 12.3. The van der Waals surface area contributed by atoms with E-state index in [0.29, 0.717) is 0 Å². The van der Waals surface area contributed by atoms with Crippen LogP contribution in [-0.2, 0) is 13.6 Å². The molecule has 3 heteroatoms. The van der Waals surface area contributed by atoms with Gasteiger partial charge in [0.1, 0.15) is 11.2 Å². The monoisotopic (exact) mass is 288 g/mol. The molecule has 2 aromatic carbocycles. The summed E-state index contributed by atoms with van der Waals surface area (Å²) in [5, 5.41) is 5.04. The van der Waals surface area contributed by atoms with Crippen LogP contribution in [0.3, 0.4) is 0 Å². The first-order valence-electron chi connectivity index (χ1n) is 7.68. The molecule has 22 heavy (non-hydrogen) atoms. The minimum Gasteiger partial charge on any atom is -0.439 e. The molecule has 0 atom stereocenters. The Labute approximate surface area is 127 Å². The van der Waals surface area contributed by atoms with Gasteiger partial charge in [0.2, 0.25) is 5.71 Å². The minimum atomic E-state index is 0.893. The standard InChI is InChI=1S/C19H16N2O/c1-3-21-18-16(12-8-4-6-10-14(12)20(18)2)17-13-9-5-7-11-15(13)22-19(17)21/h4-11H,3H2,1-2H3. The van der Waals surface area contributed by atoms with Gasteiger partial charge < -0.3 is 8.98 Å². The van der Waals surface area contributed by atoms with E-state index < -0.39 is 0 Å². The number of para-hydroxylation sites is 2. The van der Waals surface area contributed by atoms with Gasteiger partial charge in [0.15, 0.2) is 0 Å². The van der Waals surface area contributed by atoms with Crippen LogP contribution in [0.1, 0.15) is 6.92 Å². The van der Waals surface area contributed by atoms with Crippen molar-refractivity contribution in [1.29, 1.82) is 0 Å². The van der Waals surface area contributed by atoms with Crippen LogP contribution < -0.4 is 0 Å². The number of aromatic nitrogens is 2. The fourth-order valence-corrected chi connectivity index (χ4v) is 3.80. The van der Waals surface area contributed by atoms with Crippen LogP contribution in [0.5, 0.6) is 0 Å². The Balaban J connectivity index is 2.20. The summed E-state index contributed by atoms with van der Waals surface area (Å²) in [6, 6.07) is 16.9. The molecule has 0 aliphatic rings. The van der Waals surface area contributed by atoms with Crippen molar-refractivity contribution in [3.8, 4) is 0 Å². The molecule has 0 saturated carbocycles. The molecular formula is C19H16N2O. The molecule has 5 rings (SSSR count). The first-order valence-corrected chi connectivity index (χ1v) is 7.68. The second-order valence-corrected chi connectivity index (χ2v) is 5.80. The van der Waals surface area contributed by atoms with E-state index >= 15 is 0 Å². The van der Waals surface area contributed by atoms with E-state index in [2.05, 4.69) is 59.5 Å². The van der Waals surface area contributed by atoms with E-state index in [1.165, 1.54) is 32.7 Å². The summed E-state index contributed by atoms with van der Waals surface area (Å²) in [5.41, 5.74) is 4.45. The number of fused-ring (bicyclic) bond motifs is 7. The highest BCUT2D eigenvalue weighted by molar-refractivity contribution is 6.27. The zero-order chi connectivity index (χ0) is 14.8. The SMILES string of the molecule is CCn1c2oc3ccccc3c2c2c3ccccc3n(C)c21. The highest BCUT2D eigenvalue weighted by Crippen LogP contribution is 2.41. The summed E-state index contributed by atoms with van der Waals surface area (Å²) in [4.78, 5) is 0. The molecule has 0 amide bonds. The van der Waals surface area contributed by atoms with Crippen molar-refractivity contribution in [2.24, 2.45) is 7.05 Å². The van der Waals surface area contributed by atoms with Gasteiger partial charge in [-0.15, -0.1) is 0 Å². The van der Waals surface area contributed by atoms with Crippen LogP contribution in [0, 0.1) is 0 Å². The lowest BCUT2D eigenvalue weighted by molar-refractivity contribution is 0.613. The Hall–Kier alpha value is -2.68. The van der Waals surface area contributed by atoms with Crippen LogP contribution in [0.15, 0.2) is 52.9 Å². The molecular weight excluding hydrogens is 272 g/mol. The lowest BCUT2D eigenvalue weighted by Crippen LogP contribution is -1.98. The third-order valence-corrected chi connectivity index (χ3v) is 4.72. The zero-order valence-corrected chi connectivity index (χ0v) is 12.6. The minimum absolute atomic E-state index is 0.893. The number of rotatable bonds is 1. The van der Waals surface area contributed by atoms with Crippen molar-refractivity contribution in [1.82, 2.24) is 9.13 Å². The van der Waals surface area contributed by atoms with Gasteiger partial charge in [-0.25, -0.2) is 0 Å². The highest BCUT2D eigenvalue weighted by Gasteiger charge is 2.22. The van der Waals surface area contributed by atoms with Crippen molar-refractivity contribution in [2.45, 2.75) is 13.5 Å². The van der Waals surface area contributed by atoms with Gasteiger partial charge in [-0.3, -0.25) is 4.57 Å². The predicted molar refractivity (Wildman–Crippen MR) is 91.4 cm³/mol. The van der Waals surface area contributed by atoms with Crippen molar-refractivity contribution in [2.75, 3.05) is 0 Å². The topological polar surface area (TPSA) is 23.0 Å². The summed E-state index contributed by atoms with van der Waals surface area (Å²) < 4.78 is 10.7. The van der Waals surface area contributed by atoms with Gasteiger partial charge in [0, 0.05) is 29.8 Å². The molecule has 108 valence electrons. The molecule has 0 unspecified atom stereocenters. The maximum atomic E-state index is 6.17. The number of furan rings is 1. The van der Waals surface area contributed by atoms with Gasteiger partial charge in [0.25, 0.3) is 0 Å². The van der Waals surface area contributed by atoms with E-state index in [1.54, 1.807) is 0 Å². The summed E-state index contributed by atoms with van der Waals surface area (Å²) in [6.07, 6.45) is 0. The highest BCUT2D eigenvalue weighted by atomic mass is 16.3. The van der Waals surface area contributed by atoms with E-state index in [0.717, 1.165) is 17.8 Å². The smallest absolute Gasteiger partial charge is 0.210 e. The molecule has 0 fully saturated rings. The third kappa shape index (κ3) is 1.23. The summed E-state index contributed by atoms with van der Waals surface area (Å²) in [5.74, 6) is 0. The molecule has 0 bridgehead atoms. The lowest BCUT2D eigenvalue weighted by Gasteiger charge is -2.03. The first-order chi connectivity index (χ1) is 10.8. The van der Waals surface area contributed by atoms with Crippen molar-refractivity contribution in [3.63, 3.8) is 0 Å². The van der Waals surface area contributed by atoms with Gasteiger partial charge in [-0.05, 0) is 19.1 Å². The maximum absolute atomic E-state index is 6.17. The average molecular weight is 288 g/mol. The first kappa shape index (κ1) is 11.9. The maximum Gasteiger partial charge on any atom is 0.210 e. The Morgan fingerprint density at radius 1 is 0.909 bits per heavy atom. The molecule has 3 heterocycles. The molecule has 0 radical (unpaired) electrons. The number of benzene rings is 2. The van der Waals surface area contributed by atoms with Gasteiger partial charge in [-0.2, -0.15) is 0 Å². The van der Waals surface area contributed by atoms with Crippen molar-refractivity contribution < 1.29 is 4.42 Å². The Morgan fingerprint density at radius 2 is 1.64 bits per heavy atom. The number of aryl methyl sites for hydroxylation is 2. The summed E-state index contributed by atoms with van der Waals surface area (Å²) in [7, 11) is 2.14. The second kappa shape index (κ2) is 3.95. The van der Waals surface area contributed by atoms with Gasteiger partial charge in [-0.1, -0.05) is 36.4 Å². The zero-order valence-electron chi connectivity index (χ0n) is 12.6. The van der Waals surface area contributed by atoms with Gasteiger partial charge in [0.05, 0.1) is 10.9 Å². The largest absolute Gasteiger partial charge is 0.439 e. The Morgan fingerprint density at radius 3 is 2.45 bits per heavy atom. The molecule has 5 aromatic rings. The van der Waals surface area contributed by atoms with Crippen LogP contribution in [-0.4, -0.2) is 9.13 Å². The number of hydrogen-bond acceptors (Lipinski definition) is 1. The van der Waals surface area contributed by atoms with Crippen LogP contribution in [0.25, 0.3) is 44.0 Å². The summed E-state index contributed by atoms with van der Waals surface area (Å²) in [6.45, 7) is 3.06. The number of nitrogens with zero attached hydrogens (tertiary/aromatic N) is 2. The van der Waals surface area contributed by atoms with E-state index in [-0.39, 0.29) is 0 Å². The predicted octanol–water partition coefficient (Wildman–Crippen LogP) is 5.05. The molecule has 0 saturated heterocycles. The van der Waals surface area contributed by atoms with Crippen LogP contribution in [0.2, 0.25) is 0 Å². The number of hydrogen-bond donors (Lipinski definition) is 0. The van der Waals surface area contributed by atoms with Crippen LogP contribution >= 0.6 is 0 Å². The molecule has 3 nitrogen and oxygen atoms in total. The fraction of sp³-hybridized carbons (Fsp3) is 0.158. The third-order valence-electron chi connectivity index (χ3n) is 4.72. The van der Waals surface area contributed by atoms with E-state index in [4.69, 9.17) is 4.42 Å². The van der Waals surface area contributed by atoms with Crippen molar-refractivity contribution >= 4 is 44.0 Å². The summed E-state index contributed by atoms with van der Waals surface area (Å²) >= 11 is 0. The van der Waals surface area contributed by atoms with Crippen LogP contribution in [0.4, 0.5) is 0 Å². The fourth-order valence-electron chi connectivity index (χ4n) is 3.80.